The van der Waals surface area contributed by atoms with Gasteiger partial charge in [0.2, 0.25) is 0 Å². The van der Waals surface area contributed by atoms with E-state index in [1.54, 1.807) is 10.7 Å². The number of anilines is 1. The largest absolute Gasteiger partial charge is 0.382 e. The minimum atomic E-state index is -0.150. The molecule has 0 radical (unpaired) electrons. The lowest BCUT2D eigenvalue weighted by atomic mass is 10.2. The molecule has 1 unspecified atom stereocenters. The third-order valence-electron chi connectivity index (χ3n) is 2.99. The molecule has 18 heavy (non-hydrogen) atoms. The molecule has 6 nitrogen and oxygen atoms in total. The molecular formula is C12H20N4O2. The lowest BCUT2D eigenvalue weighted by molar-refractivity contribution is 0.0847. The maximum Gasteiger partial charge on any atom is 0.269 e. The number of aromatic nitrogens is 2. The topological polar surface area (TPSA) is 82.2 Å². The van der Waals surface area contributed by atoms with Crippen LogP contribution >= 0.6 is 0 Å². The van der Waals surface area contributed by atoms with E-state index in [1.807, 2.05) is 13.8 Å². The van der Waals surface area contributed by atoms with Crippen molar-refractivity contribution in [3.8, 4) is 0 Å². The third kappa shape index (κ3) is 2.81. The van der Waals surface area contributed by atoms with E-state index in [9.17, 15) is 4.79 Å². The number of hydrogen-bond donors (Lipinski definition) is 2. The van der Waals surface area contributed by atoms with Gasteiger partial charge in [0, 0.05) is 25.3 Å². The Balaban J connectivity index is 1.99. The van der Waals surface area contributed by atoms with Crippen LogP contribution in [0.4, 0.5) is 5.82 Å². The molecule has 1 aliphatic rings. The van der Waals surface area contributed by atoms with Crippen LogP contribution in [-0.4, -0.2) is 34.9 Å². The summed E-state index contributed by atoms with van der Waals surface area (Å²) in [6.07, 6.45) is 2.21. The van der Waals surface area contributed by atoms with Gasteiger partial charge < -0.3 is 15.8 Å². The van der Waals surface area contributed by atoms with Crippen LogP contribution in [0.15, 0.2) is 6.07 Å². The Hall–Kier alpha value is -1.56. The predicted molar refractivity (Wildman–Crippen MR) is 68.3 cm³/mol. The number of carbonyl (C=O) groups excluding carboxylic acids is 1. The normalized spacial score (nSPS) is 19.4. The maximum absolute atomic E-state index is 12.1. The van der Waals surface area contributed by atoms with Gasteiger partial charge in [0.15, 0.2) is 0 Å². The molecule has 0 aliphatic carbocycles. The van der Waals surface area contributed by atoms with Gasteiger partial charge in [0.25, 0.3) is 5.91 Å². The fourth-order valence-corrected chi connectivity index (χ4v) is 2.08. The highest BCUT2D eigenvalue weighted by Crippen LogP contribution is 2.14. The summed E-state index contributed by atoms with van der Waals surface area (Å²) in [6.45, 7) is 5.26. The Bertz CT molecular complexity index is 422. The lowest BCUT2D eigenvalue weighted by Crippen LogP contribution is -2.33. The molecule has 6 heteroatoms. The van der Waals surface area contributed by atoms with E-state index in [-0.39, 0.29) is 18.1 Å². The zero-order valence-electron chi connectivity index (χ0n) is 10.8. The van der Waals surface area contributed by atoms with Crippen molar-refractivity contribution in [3.05, 3.63) is 11.8 Å². The van der Waals surface area contributed by atoms with Crippen molar-refractivity contribution < 1.29 is 9.53 Å². The van der Waals surface area contributed by atoms with Crippen molar-refractivity contribution in [1.29, 1.82) is 0 Å². The van der Waals surface area contributed by atoms with Crippen LogP contribution in [0.3, 0.4) is 0 Å². The highest BCUT2D eigenvalue weighted by Gasteiger charge is 2.19. The van der Waals surface area contributed by atoms with Crippen molar-refractivity contribution in [3.63, 3.8) is 0 Å². The molecule has 2 rings (SSSR count). The minimum absolute atomic E-state index is 0.103. The van der Waals surface area contributed by atoms with Crippen LogP contribution in [0.25, 0.3) is 0 Å². The molecule has 100 valence electrons. The first-order valence-electron chi connectivity index (χ1n) is 6.32. The summed E-state index contributed by atoms with van der Waals surface area (Å²) >= 11 is 0. The molecule has 0 spiro atoms. The van der Waals surface area contributed by atoms with Crippen LogP contribution in [0.5, 0.6) is 0 Å². The first kappa shape index (κ1) is 12.9. The number of carbonyl (C=O) groups is 1. The van der Waals surface area contributed by atoms with Crippen molar-refractivity contribution in [2.75, 3.05) is 18.9 Å². The number of rotatable bonds is 4. The molecule has 2 heterocycles. The average molecular weight is 252 g/mol. The van der Waals surface area contributed by atoms with Crippen molar-refractivity contribution >= 4 is 11.7 Å². The predicted octanol–water partition coefficient (Wildman–Crippen LogP) is 0.955. The summed E-state index contributed by atoms with van der Waals surface area (Å²) in [5.74, 6) is 0.217. The summed E-state index contributed by atoms with van der Waals surface area (Å²) < 4.78 is 7.10. The average Bonchev–Trinajstić information content (AvgIpc) is 2.94. The molecule has 3 N–H and O–H groups in total. The lowest BCUT2D eigenvalue weighted by Gasteiger charge is -2.13. The number of nitrogen functional groups attached to an aromatic ring is 1. The second-order valence-corrected chi connectivity index (χ2v) is 4.84. The fraction of sp³-hybridized carbons (Fsp3) is 0.667. The minimum Gasteiger partial charge on any atom is -0.382 e. The number of nitrogens with one attached hydrogen (secondary N) is 1. The Kier molecular flexibility index (Phi) is 3.86. The summed E-state index contributed by atoms with van der Waals surface area (Å²) in [5, 5.41) is 6.98. The van der Waals surface area contributed by atoms with Crippen LogP contribution in [-0.2, 0) is 4.74 Å². The smallest absolute Gasteiger partial charge is 0.269 e. The summed E-state index contributed by atoms with van der Waals surface area (Å²) in [5.41, 5.74) is 6.14. The van der Waals surface area contributed by atoms with Gasteiger partial charge in [0.1, 0.15) is 11.5 Å². The monoisotopic (exact) mass is 252 g/mol. The maximum atomic E-state index is 12.1. The molecule has 0 bridgehead atoms. The zero-order chi connectivity index (χ0) is 13.1. The number of amides is 1. The molecule has 0 saturated carbocycles. The van der Waals surface area contributed by atoms with Gasteiger partial charge in [-0.15, -0.1) is 0 Å². The van der Waals surface area contributed by atoms with Gasteiger partial charge >= 0.3 is 0 Å². The van der Waals surface area contributed by atoms with E-state index < -0.39 is 0 Å². The summed E-state index contributed by atoms with van der Waals surface area (Å²) in [7, 11) is 0. The number of nitrogens with zero attached hydrogens (tertiary/aromatic N) is 2. The quantitative estimate of drug-likeness (QED) is 0.836. The molecule has 1 aliphatic heterocycles. The Morgan fingerprint density at radius 3 is 3.11 bits per heavy atom. The van der Waals surface area contributed by atoms with Crippen molar-refractivity contribution in [2.24, 2.45) is 0 Å². The van der Waals surface area contributed by atoms with E-state index in [1.165, 1.54) is 0 Å². The molecule has 1 atom stereocenters. The standard InChI is InChI=1S/C12H20N4O2/c1-8(2)16-10(6-11(13)15-16)12(17)14-7-9-4-3-5-18-9/h6,8-9H,3-5,7H2,1-2H3,(H2,13,15)(H,14,17). The molecule has 0 aromatic carbocycles. The van der Waals surface area contributed by atoms with Gasteiger partial charge in [0.05, 0.1) is 6.10 Å². The van der Waals surface area contributed by atoms with E-state index in [2.05, 4.69) is 10.4 Å². The molecule has 1 saturated heterocycles. The van der Waals surface area contributed by atoms with E-state index in [4.69, 9.17) is 10.5 Å². The van der Waals surface area contributed by atoms with Crippen LogP contribution in [0.2, 0.25) is 0 Å². The highest BCUT2D eigenvalue weighted by atomic mass is 16.5. The summed E-state index contributed by atoms with van der Waals surface area (Å²) in [6, 6.07) is 1.70. The Morgan fingerprint density at radius 2 is 2.50 bits per heavy atom. The van der Waals surface area contributed by atoms with E-state index in [0.717, 1.165) is 19.4 Å². The van der Waals surface area contributed by atoms with Gasteiger partial charge in [-0.05, 0) is 26.7 Å². The van der Waals surface area contributed by atoms with Crippen LogP contribution in [0, 0.1) is 0 Å². The van der Waals surface area contributed by atoms with E-state index in [0.29, 0.717) is 18.1 Å². The van der Waals surface area contributed by atoms with Crippen molar-refractivity contribution in [1.82, 2.24) is 15.1 Å². The van der Waals surface area contributed by atoms with Gasteiger partial charge in [-0.3, -0.25) is 9.48 Å². The molecule has 1 aromatic rings. The van der Waals surface area contributed by atoms with Crippen LogP contribution in [0.1, 0.15) is 43.2 Å². The molecule has 1 amide bonds. The van der Waals surface area contributed by atoms with Gasteiger partial charge in [-0.25, -0.2) is 0 Å². The first-order valence-corrected chi connectivity index (χ1v) is 6.32. The second-order valence-electron chi connectivity index (χ2n) is 4.84. The van der Waals surface area contributed by atoms with Gasteiger partial charge in [-0.1, -0.05) is 0 Å². The number of ether oxygens (including phenoxy) is 1. The second kappa shape index (κ2) is 5.39. The zero-order valence-corrected chi connectivity index (χ0v) is 10.8. The van der Waals surface area contributed by atoms with Gasteiger partial charge in [-0.2, -0.15) is 5.10 Å². The Morgan fingerprint density at radius 1 is 1.72 bits per heavy atom. The molecule has 1 aromatic heterocycles. The Labute approximate surface area is 106 Å². The summed E-state index contributed by atoms with van der Waals surface area (Å²) in [4.78, 5) is 12.1. The number of hydrogen-bond acceptors (Lipinski definition) is 4. The van der Waals surface area contributed by atoms with Crippen LogP contribution < -0.4 is 11.1 Å². The van der Waals surface area contributed by atoms with Crippen molar-refractivity contribution in [2.45, 2.75) is 38.8 Å². The highest BCUT2D eigenvalue weighted by molar-refractivity contribution is 5.93. The molecule has 1 fully saturated rings. The first-order chi connectivity index (χ1) is 8.58. The SMILES string of the molecule is CC(C)n1nc(N)cc1C(=O)NCC1CCCO1. The third-order valence-corrected chi connectivity index (χ3v) is 2.99. The number of nitrogens with two attached hydrogens (primary N) is 1. The molecular weight excluding hydrogens is 232 g/mol. The fourth-order valence-electron chi connectivity index (χ4n) is 2.08. The van der Waals surface area contributed by atoms with E-state index >= 15 is 0 Å².